The molecule has 0 aromatic carbocycles. The van der Waals surface area contributed by atoms with Crippen molar-refractivity contribution in [3.63, 3.8) is 0 Å². The third-order valence-electron chi connectivity index (χ3n) is 1.88. The number of carbonyl (C=O) groups is 1. The minimum atomic E-state index is 0.0127. The monoisotopic (exact) mass is 227 g/mol. The van der Waals surface area contributed by atoms with Crippen molar-refractivity contribution in [1.82, 2.24) is 15.6 Å². The molecule has 0 spiro atoms. The lowest BCUT2D eigenvalue weighted by molar-refractivity contribution is -0.118. The van der Waals surface area contributed by atoms with Crippen LogP contribution in [0.25, 0.3) is 0 Å². The highest BCUT2D eigenvalue weighted by Gasteiger charge is 1.99. The fraction of sp³-hybridized carbons (Fsp3) is 0.600. The highest BCUT2D eigenvalue weighted by Crippen LogP contribution is 2.09. The van der Waals surface area contributed by atoms with Crippen LogP contribution in [0.2, 0.25) is 0 Å². The van der Waals surface area contributed by atoms with E-state index in [4.69, 9.17) is 0 Å². The zero-order valence-electron chi connectivity index (χ0n) is 9.17. The normalized spacial score (nSPS) is 10.3. The first kappa shape index (κ1) is 12.1. The maximum Gasteiger partial charge on any atom is 0.216 e. The van der Waals surface area contributed by atoms with Gasteiger partial charge in [0.15, 0.2) is 0 Å². The third kappa shape index (κ3) is 4.90. The number of aryl methyl sites for hydroxylation is 1. The van der Waals surface area contributed by atoms with Gasteiger partial charge in [-0.3, -0.25) is 4.79 Å². The standard InChI is InChI=1S/C10H17N3OS/c1-3-10-13-9(7-15-10)6-11-4-5-12-8(2)14/h7,11H,3-6H2,1-2H3,(H,12,14). The number of rotatable bonds is 6. The van der Waals surface area contributed by atoms with Crippen LogP contribution in [0.5, 0.6) is 0 Å². The molecule has 0 fully saturated rings. The summed E-state index contributed by atoms with van der Waals surface area (Å²) in [5.74, 6) is 0.0127. The Morgan fingerprint density at radius 3 is 2.93 bits per heavy atom. The van der Waals surface area contributed by atoms with Gasteiger partial charge in [-0.05, 0) is 6.42 Å². The van der Waals surface area contributed by atoms with E-state index in [1.54, 1.807) is 11.3 Å². The third-order valence-corrected chi connectivity index (χ3v) is 2.93. The number of aromatic nitrogens is 1. The zero-order valence-corrected chi connectivity index (χ0v) is 9.99. The molecule has 0 bridgehead atoms. The van der Waals surface area contributed by atoms with Crippen molar-refractivity contribution in [2.24, 2.45) is 0 Å². The Bertz CT molecular complexity index is 311. The molecule has 84 valence electrons. The Labute approximate surface area is 94.1 Å². The first-order valence-corrected chi connectivity index (χ1v) is 5.98. The Morgan fingerprint density at radius 2 is 2.33 bits per heavy atom. The molecule has 1 rings (SSSR count). The van der Waals surface area contributed by atoms with Gasteiger partial charge in [0.05, 0.1) is 10.7 Å². The van der Waals surface area contributed by atoms with E-state index in [0.29, 0.717) is 6.54 Å². The lowest BCUT2D eigenvalue weighted by Crippen LogP contribution is -2.29. The van der Waals surface area contributed by atoms with Gasteiger partial charge in [-0.25, -0.2) is 4.98 Å². The van der Waals surface area contributed by atoms with E-state index in [-0.39, 0.29) is 5.91 Å². The molecule has 1 heterocycles. The number of nitrogens with one attached hydrogen (secondary N) is 2. The van der Waals surface area contributed by atoms with Crippen LogP contribution < -0.4 is 10.6 Å². The Kier molecular flexibility index (Phi) is 5.28. The summed E-state index contributed by atoms with van der Waals surface area (Å²) in [5, 5.41) is 9.20. The van der Waals surface area contributed by atoms with Gasteiger partial charge in [-0.15, -0.1) is 11.3 Å². The van der Waals surface area contributed by atoms with Crippen LogP contribution in [0, 0.1) is 0 Å². The Morgan fingerprint density at radius 1 is 1.53 bits per heavy atom. The maximum absolute atomic E-state index is 10.6. The Hall–Kier alpha value is -0.940. The number of carbonyl (C=O) groups excluding carboxylic acids is 1. The van der Waals surface area contributed by atoms with Crippen molar-refractivity contribution in [1.29, 1.82) is 0 Å². The molecule has 0 aliphatic rings. The molecule has 0 aliphatic carbocycles. The zero-order chi connectivity index (χ0) is 11.1. The van der Waals surface area contributed by atoms with E-state index >= 15 is 0 Å². The van der Waals surface area contributed by atoms with E-state index < -0.39 is 0 Å². The molecule has 1 aromatic rings. The number of hydrogen-bond acceptors (Lipinski definition) is 4. The average Bonchev–Trinajstić information content (AvgIpc) is 2.65. The molecule has 5 heteroatoms. The predicted octanol–water partition coefficient (Wildman–Crippen LogP) is 0.931. The predicted molar refractivity (Wildman–Crippen MR) is 61.9 cm³/mol. The molecule has 1 aromatic heterocycles. The second-order valence-corrected chi connectivity index (χ2v) is 4.19. The highest BCUT2D eigenvalue weighted by molar-refractivity contribution is 7.09. The molecular formula is C10H17N3OS. The van der Waals surface area contributed by atoms with Gasteiger partial charge in [-0.1, -0.05) is 6.92 Å². The van der Waals surface area contributed by atoms with Crippen molar-refractivity contribution in [3.05, 3.63) is 16.1 Å². The maximum atomic E-state index is 10.6. The first-order valence-electron chi connectivity index (χ1n) is 5.10. The number of amides is 1. The molecule has 2 N–H and O–H groups in total. The van der Waals surface area contributed by atoms with Crippen LogP contribution in [0.3, 0.4) is 0 Å². The average molecular weight is 227 g/mol. The molecule has 0 aliphatic heterocycles. The summed E-state index contributed by atoms with van der Waals surface area (Å²) in [4.78, 5) is 15.0. The van der Waals surface area contributed by atoms with Gasteiger partial charge >= 0.3 is 0 Å². The fourth-order valence-corrected chi connectivity index (χ4v) is 1.88. The lowest BCUT2D eigenvalue weighted by atomic mass is 10.4. The second kappa shape index (κ2) is 6.53. The quantitative estimate of drug-likeness (QED) is 0.711. The summed E-state index contributed by atoms with van der Waals surface area (Å²) in [6.07, 6.45) is 0.997. The highest BCUT2D eigenvalue weighted by atomic mass is 32.1. The summed E-state index contributed by atoms with van der Waals surface area (Å²) in [5.41, 5.74) is 1.08. The fourth-order valence-electron chi connectivity index (χ4n) is 1.14. The van der Waals surface area contributed by atoms with Gasteiger partial charge in [0.2, 0.25) is 5.91 Å². The minimum Gasteiger partial charge on any atom is -0.355 e. The van der Waals surface area contributed by atoms with Gasteiger partial charge in [0.25, 0.3) is 0 Å². The topological polar surface area (TPSA) is 54.0 Å². The van der Waals surface area contributed by atoms with E-state index in [2.05, 4.69) is 27.9 Å². The van der Waals surface area contributed by atoms with Crippen molar-refractivity contribution in [2.75, 3.05) is 13.1 Å². The van der Waals surface area contributed by atoms with Crippen molar-refractivity contribution >= 4 is 17.2 Å². The van der Waals surface area contributed by atoms with Gasteiger partial charge in [0, 0.05) is 31.9 Å². The lowest BCUT2D eigenvalue weighted by Gasteiger charge is -2.02. The van der Waals surface area contributed by atoms with E-state index in [0.717, 1.165) is 25.2 Å². The Balaban J connectivity index is 2.12. The van der Waals surface area contributed by atoms with E-state index in [1.807, 2.05) is 0 Å². The first-order chi connectivity index (χ1) is 7.22. The van der Waals surface area contributed by atoms with Gasteiger partial charge < -0.3 is 10.6 Å². The molecule has 15 heavy (non-hydrogen) atoms. The SMILES string of the molecule is CCc1nc(CNCCNC(C)=O)cs1. The largest absolute Gasteiger partial charge is 0.355 e. The summed E-state index contributed by atoms with van der Waals surface area (Å²) in [6, 6.07) is 0. The van der Waals surface area contributed by atoms with Crippen molar-refractivity contribution in [3.8, 4) is 0 Å². The molecule has 1 amide bonds. The molecule has 0 saturated heterocycles. The number of thiazole rings is 1. The van der Waals surface area contributed by atoms with Crippen LogP contribution >= 0.6 is 11.3 Å². The molecule has 0 saturated carbocycles. The number of hydrogen-bond donors (Lipinski definition) is 2. The van der Waals surface area contributed by atoms with E-state index in [1.165, 1.54) is 11.9 Å². The van der Waals surface area contributed by atoms with E-state index in [9.17, 15) is 4.79 Å². The molecule has 0 unspecified atom stereocenters. The molecule has 4 nitrogen and oxygen atoms in total. The summed E-state index contributed by atoms with van der Waals surface area (Å²) < 4.78 is 0. The summed E-state index contributed by atoms with van der Waals surface area (Å²) in [6.45, 7) is 5.84. The van der Waals surface area contributed by atoms with Crippen LogP contribution in [-0.2, 0) is 17.8 Å². The van der Waals surface area contributed by atoms with Crippen molar-refractivity contribution in [2.45, 2.75) is 26.8 Å². The van der Waals surface area contributed by atoms with Crippen molar-refractivity contribution < 1.29 is 4.79 Å². The summed E-state index contributed by atoms with van der Waals surface area (Å²) >= 11 is 1.70. The molecular weight excluding hydrogens is 210 g/mol. The van der Waals surface area contributed by atoms with Crippen LogP contribution in [0.15, 0.2) is 5.38 Å². The van der Waals surface area contributed by atoms with Crippen LogP contribution in [-0.4, -0.2) is 24.0 Å². The smallest absolute Gasteiger partial charge is 0.216 e. The molecule has 0 atom stereocenters. The minimum absolute atomic E-state index is 0.0127. The van der Waals surface area contributed by atoms with Gasteiger partial charge in [0.1, 0.15) is 0 Å². The summed E-state index contributed by atoms with van der Waals surface area (Å²) in [7, 11) is 0. The number of nitrogens with zero attached hydrogens (tertiary/aromatic N) is 1. The second-order valence-electron chi connectivity index (χ2n) is 3.25. The van der Waals surface area contributed by atoms with Crippen LogP contribution in [0.4, 0.5) is 0 Å². The van der Waals surface area contributed by atoms with Crippen LogP contribution in [0.1, 0.15) is 24.5 Å². The molecule has 0 radical (unpaired) electrons. The van der Waals surface area contributed by atoms with Gasteiger partial charge in [-0.2, -0.15) is 0 Å².